The van der Waals surface area contributed by atoms with Crippen LogP contribution in [0.4, 0.5) is 0 Å². The Balaban J connectivity index is 2.26. The molecule has 2 heteroatoms. The van der Waals surface area contributed by atoms with Crippen molar-refractivity contribution >= 4 is 0 Å². The number of hydrogen-bond donors (Lipinski definition) is 0. The van der Waals surface area contributed by atoms with Crippen LogP contribution in [0.25, 0.3) is 0 Å². The van der Waals surface area contributed by atoms with Gasteiger partial charge in [0.25, 0.3) is 0 Å². The van der Waals surface area contributed by atoms with Crippen LogP contribution in [-0.4, -0.2) is 19.5 Å². The molecule has 0 radical (unpaired) electrons. The molecule has 0 atom stereocenters. The first-order chi connectivity index (χ1) is 4.33. The fourth-order valence-electron chi connectivity index (χ4n) is 0.747. The Bertz CT molecular complexity index is 99.5. The van der Waals surface area contributed by atoms with Crippen LogP contribution in [-0.2, 0) is 9.47 Å². The molecule has 52 valence electrons. The van der Waals surface area contributed by atoms with Gasteiger partial charge in [0, 0.05) is 0 Å². The summed E-state index contributed by atoms with van der Waals surface area (Å²) in [6, 6.07) is 0. The van der Waals surface area contributed by atoms with Gasteiger partial charge in [0.2, 0.25) is 0 Å². The molecule has 0 aromatic carbocycles. The van der Waals surface area contributed by atoms with Crippen molar-refractivity contribution in [1.29, 1.82) is 0 Å². The Morgan fingerprint density at radius 2 is 2.11 bits per heavy atom. The van der Waals surface area contributed by atoms with Gasteiger partial charge in [-0.05, 0) is 12.0 Å². The van der Waals surface area contributed by atoms with Gasteiger partial charge in [-0.2, -0.15) is 0 Å². The second kappa shape index (κ2) is 2.99. The SMILES string of the molecule is C=C1COC(CC)OC1. The van der Waals surface area contributed by atoms with Gasteiger partial charge in [-0.3, -0.25) is 0 Å². The molecule has 0 saturated carbocycles. The molecule has 1 rings (SSSR count). The predicted molar refractivity (Wildman–Crippen MR) is 35.1 cm³/mol. The Labute approximate surface area is 55.5 Å². The van der Waals surface area contributed by atoms with Crippen LogP contribution in [0.5, 0.6) is 0 Å². The molecule has 2 nitrogen and oxygen atoms in total. The maximum absolute atomic E-state index is 5.22. The lowest BCUT2D eigenvalue weighted by atomic mass is 10.3. The first-order valence-electron chi connectivity index (χ1n) is 3.22. The van der Waals surface area contributed by atoms with E-state index in [4.69, 9.17) is 9.47 Å². The summed E-state index contributed by atoms with van der Waals surface area (Å²) in [6.07, 6.45) is 0.934. The van der Waals surface area contributed by atoms with Gasteiger partial charge in [-0.15, -0.1) is 0 Å². The van der Waals surface area contributed by atoms with Crippen molar-refractivity contribution in [2.45, 2.75) is 19.6 Å². The number of hydrogen-bond acceptors (Lipinski definition) is 2. The molecule has 0 aromatic heterocycles. The van der Waals surface area contributed by atoms with Gasteiger partial charge in [-0.25, -0.2) is 0 Å². The van der Waals surface area contributed by atoms with E-state index in [1.54, 1.807) is 0 Å². The first kappa shape index (κ1) is 6.78. The predicted octanol–water partition coefficient (Wildman–Crippen LogP) is 1.33. The highest BCUT2D eigenvalue weighted by molar-refractivity contribution is 4.96. The zero-order chi connectivity index (χ0) is 6.69. The Morgan fingerprint density at radius 3 is 2.56 bits per heavy atom. The van der Waals surface area contributed by atoms with E-state index in [9.17, 15) is 0 Å². The van der Waals surface area contributed by atoms with Gasteiger partial charge in [0.1, 0.15) is 0 Å². The summed E-state index contributed by atoms with van der Waals surface area (Å²) < 4.78 is 10.4. The summed E-state index contributed by atoms with van der Waals surface area (Å²) in [5, 5.41) is 0. The highest BCUT2D eigenvalue weighted by atomic mass is 16.7. The summed E-state index contributed by atoms with van der Waals surface area (Å²) >= 11 is 0. The van der Waals surface area contributed by atoms with Crippen LogP contribution < -0.4 is 0 Å². The minimum atomic E-state index is 0.00972. The summed E-state index contributed by atoms with van der Waals surface area (Å²) in [5.41, 5.74) is 1.03. The molecule has 1 saturated heterocycles. The average molecular weight is 128 g/mol. The van der Waals surface area contributed by atoms with Crippen LogP contribution in [0.1, 0.15) is 13.3 Å². The molecule has 1 aliphatic heterocycles. The topological polar surface area (TPSA) is 18.5 Å². The van der Waals surface area contributed by atoms with E-state index < -0.39 is 0 Å². The third-order valence-corrected chi connectivity index (χ3v) is 1.28. The summed E-state index contributed by atoms with van der Waals surface area (Å²) in [7, 11) is 0. The lowest BCUT2D eigenvalue weighted by Crippen LogP contribution is -2.25. The molecule has 1 aliphatic rings. The van der Waals surface area contributed by atoms with E-state index in [1.807, 2.05) is 6.92 Å². The molecule has 0 spiro atoms. The first-order valence-corrected chi connectivity index (χ1v) is 3.22. The second-order valence-corrected chi connectivity index (χ2v) is 2.21. The highest BCUT2D eigenvalue weighted by Gasteiger charge is 2.12. The van der Waals surface area contributed by atoms with E-state index in [0.717, 1.165) is 12.0 Å². The monoisotopic (exact) mass is 128 g/mol. The zero-order valence-corrected chi connectivity index (χ0v) is 5.72. The smallest absolute Gasteiger partial charge is 0.158 e. The third kappa shape index (κ3) is 1.80. The van der Waals surface area contributed by atoms with Gasteiger partial charge in [-0.1, -0.05) is 13.5 Å². The van der Waals surface area contributed by atoms with Crippen molar-refractivity contribution < 1.29 is 9.47 Å². The molecule has 1 heterocycles. The van der Waals surface area contributed by atoms with Crippen molar-refractivity contribution in [3.8, 4) is 0 Å². The van der Waals surface area contributed by atoms with Crippen LogP contribution in [0.15, 0.2) is 12.2 Å². The molecular formula is C7H12O2. The highest BCUT2D eigenvalue weighted by Crippen LogP contribution is 2.10. The quantitative estimate of drug-likeness (QED) is 0.496. The lowest BCUT2D eigenvalue weighted by molar-refractivity contribution is -0.156. The standard InChI is InChI=1S/C7H12O2/c1-3-7-8-4-6(2)5-9-7/h7H,2-5H2,1H3. The summed E-state index contributed by atoms with van der Waals surface area (Å²) in [4.78, 5) is 0. The summed E-state index contributed by atoms with van der Waals surface area (Å²) in [6.45, 7) is 7.10. The van der Waals surface area contributed by atoms with Crippen molar-refractivity contribution in [2.75, 3.05) is 13.2 Å². The van der Waals surface area contributed by atoms with Crippen LogP contribution in [0.2, 0.25) is 0 Å². The minimum absolute atomic E-state index is 0.00972. The van der Waals surface area contributed by atoms with Crippen molar-refractivity contribution in [1.82, 2.24) is 0 Å². The maximum atomic E-state index is 5.22. The summed E-state index contributed by atoms with van der Waals surface area (Å²) in [5.74, 6) is 0. The molecule has 1 fully saturated rings. The molecule has 9 heavy (non-hydrogen) atoms. The van der Waals surface area contributed by atoms with Crippen LogP contribution in [0.3, 0.4) is 0 Å². The van der Waals surface area contributed by atoms with E-state index in [1.165, 1.54) is 0 Å². The van der Waals surface area contributed by atoms with Crippen molar-refractivity contribution in [3.05, 3.63) is 12.2 Å². The molecule has 0 bridgehead atoms. The largest absolute Gasteiger partial charge is 0.348 e. The van der Waals surface area contributed by atoms with E-state index >= 15 is 0 Å². The lowest BCUT2D eigenvalue weighted by Gasteiger charge is -2.23. The van der Waals surface area contributed by atoms with Gasteiger partial charge in [0.15, 0.2) is 6.29 Å². The van der Waals surface area contributed by atoms with Gasteiger partial charge < -0.3 is 9.47 Å². The molecule has 0 unspecified atom stereocenters. The molecule has 0 aliphatic carbocycles. The second-order valence-electron chi connectivity index (χ2n) is 2.21. The van der Waals surface area contributed by atoms with Crippen LogP contribution in [0, 0.1) is 0 Å². The minimum Gasteiger partial charge on any atom is -0.348 e. The van der Waals surface area contributed by atoms with Crippen LogP contribution >= 0.6 is 0 Å². The molecule has 0 aromatic rings. The Kier molecular flexibility index (Phi) is 2.25. The fourth-order valence-corrected chi connectivity index (χ4v) is 0.747. The number of ether oxygens (including phenoxy) is 2. The normalized spacial score (nSPS) is 22.6. The number of rotatable bonds is 1. The van der Waals surface area contributed by atoms with Crippen molar-refractivity contribution in [2.24, 2.45) is 0 Å². The Hall–Kier alpha value is -0.340. The van der Waals surface area contributed by atoms with Crippen molar-refractivity contribution in [3.63, 3.8) is 0 Å². The van der Waals surface area contributed by atoms with E-state index in [2.05, 4.69) is 6.58 Å². The average Bonchev–Trinajstić information content (AvgIpc) is 1.90. The van der Waals surface area contributed by atoms with E-state index in [0.29, 0.717) is 13.2 Å². The van der Waals surface area contributed by atoms with Gasteiger partial charge >= 0.3 is 0 Å². The third-order valence-electron chi connectivity index (χ3n) is 1.28. The fraction of sp³-hybridized carbons (Fsp3) is 0.714. The molecular weight excluding hydrogens is 116 g/mol. The van der Waals surface area contributed by atoms with E-state index in [-0.39, 0.29) is 6.29 Å². The molecule has 0 amide bonds. The Morgan fingerprint density at radius 1 is 1.56 bits per heavy atom. The molecule has 0 N–H and O–H groups in total. The van der Waals surface area contributed by atoms with Gasteiger partial charge in [0.05, 0.1) is 13.2 Å². The maximum Gasteiger partial charge on any atom is 0.158 e. The zero-order valence-electron chi connectivity index (χ0n) is 5.72.